The lowest BCUT2D eigenvalue weighted by Gasteiger charge is -2.05. The van der Waals surface area contributed by atoms with Crippen LogP contribution in [0.4, 0.5) is 0 Å². The number of carboxylic acid groups (broad SMARTS) is 1. The standard InChI is InChI=1S/C9H6Cl2N4O2S/c10-5-1-2-7(6(11)3-5)15-9(12-13-14-15)18-4-8(16)17/h1-3H,4H2,(H,16,17). The maximum absolute atomic E-state index is 10.5. The Morgan fingerprint density at radius 3 is 2.89 bits per heavy atom. The molecule has 6 nitrogen and oxygen atoms in total. The minimum absolute atomic E-state index is 0.133. The Hall–Kier alpha value is -1.31. The molecule has 18 heavy (non-hydrogen) atoms. The average molecular weight is 305 g/mol. The van der Waals surface area contributed by atoms with Crippen LogP contribution in [0.3, 0.4) is 0 Å². The molecule has 0 aliphatic carbocycles. The molecule has 1 aromatic carbocycles. The summed E-state index contributed by atoms with van der Waals surface area (Å²) < 4.78 is 1.37. The molecule has 1 aromatic heterocycles. The van der Waals surface area contributed by atoms with Crippen molar-refractivity contribution in [3.05, 3.63) is 28.2 Å². The number of halogens is 2. The van der Waals surface area contributed by atoms with E-state index in [1.165, 1.54) is 4.68 Å². The van der Waals surface area contributed by atoms with Crippen LogP contribution in [0, 0.1) is 0 Å². The van der Waals surface area contributed by atoms with Crippen LogP contribution in [0.2, 0.25) is 10.0 Å². The summed E-state index contributed by atoms with van der Waals surface area (Å²) in [6.07, 6.45) is 0. The maximum atomic E-state index is 10.5. The number of hydrogen-bond donors (Lipinski definition) is 1. The highest BCUT2D eigenvalue weighted by molar-refractivity contribution is 7.99. The van der Waals surface area contributed by atoms with Crippen LogP contribution in [-0.2, 0) is 4.79 Å². The Bertz CT molecular complexity index is 590. The summed E-state index contributed by atoms with van der Waals surface area (Å²) in [6.45, 7) is 0. The van der Waals surface area contributed by atoms with Crippen molar-refractivity contribution in [1.29, 1.82) is 0 Å². The van der Waals surface area contributed by atoms with Gasteiger partial charge in [0.05, 0.1) is 16.5 Å². The summed E-state index contributed by atoms with van der Waals surface area (Å²) in [5.41, 5.74) is 0.541. The third-order valence-electron chi connectivity index (χ3n) is 1.90. The summed E-state index contributed by atoms with van der Waals surface area (Å²) in [5, 5.41) is 20.9. The molecule has 0 saturated carbocycles. The minimum atomic E-state index is -0.947. The Balaban J connectivity index is 2.33. The molecule has 1 N–H and O–H groups in total. The van der Waals surface area contributed by atoms with Gasteiger partial charge in [-0.05, 0) is 28.6 Å². The fourth-order valence-corrected chi connectivity index (χ4v) is 2.29. The number of carboxylic acids is 1. The third kappa shape index (κ3) is 2.92. The van der Waals surface area contributed by atoms with E-state index < -0.39 is 5.97 Å². The lowest BCUT2D eigenvalue weighted by atomic mass is 10.3. The van der Waals surface area contributed by atoms with Crippen molar-refractivity contribution in [3.63, 3.8) is 0 Å². The number of nitrogens with zero attached hydrogens (tertiary/aromatic N) is 4. The smallest absolute Gasteiger partial charge is 0.313 e. The molecule has 2 rings (SSSR count). The summed E-state index contributed by atoms with van der Waals surface area (Å²) in [6, 6.07) is 4.87. The first kappa shape index (κ1) is 13.1. The van der Waals surface area contributed by atoms with Gasteiger partial charge in [0.1, 0.15) is 0 Å². The zero-order valence-electron chi connectivity index (χ0n) is 8.75. The molecule has 0 saturated heterocycles. The fourth-order valence-electron chi connectivity index (χ4n) is 1.20. The van der Waals surface area contributed by atoms with Gasteiger partial charge in [-0.3, -0.25) is 4.79 Å². The molecule has 0 atom stereocenters. The van der Waals surface area contributed by atoms with Crippen LogP contribution in [0.5, 0.6) is 0 Å². The van der Waals surface area contributed by atoms with Crippen molar-refractivity contribution in [1.82, 2.24) is 20.2 Å². The van der Waals surface area contributed by atoms with E-state index in [4.69, 9.17) is 28.3 Å². The van der Waals surface area contributed by atoms with E-state index in [0.29, 0.717) is 20.9 Å². The molecule has 2 aromatic rings. The van der Waals surface area contributed by atoms with E-state index in [2.05, 4.69) is 15.5 Å². The first-order chi connectivity index (χ1) is 8.58. The second-order valence-electron chi connectivity index (χ2n) is 3.15. The zero-order chi connectivity index (χ0) is 13.1. The number of carbonyl (C=O) groups is 1. The van der Waals surface area contributed by atoms with Gasteiger partial charge >= 0.3 is 5.97 Å². The number of aromatic nitrogens is 4. The van der Waals surface area contributed by atoms with Gasteiger partial charge in [0, 0.05) is 5.02 Å². The minimum Gasteiger partial charge on any atom is -0.481 e. The highest BCUT2D eigenvalue weighted by Crippen LogP contribution is 2.26. The first-order valence-corrected chi connectivity index (χ1v) is 6.40. The Kier molecular flexibility index (Phi) is 4.05. The Morgan fingerprint density at radius 2 is 2.22 bits per heavy atom. The van der Waals surface area contributed by atoms with Crippen LogP contribution < -0.4 is 0 Å². The molecule has 9 heteroatoms. The van der Waals surface area contributed by atoms with Gasteiger partial charge < -0.3 is 5.11 Å². The summed E-state index contributed by atoms with van der Waals surface area (Å²) in [5.74, 6) is -1.08. The second-order valence-corrected chi connectivity index (χ2v) is 4.94. The van der Waals surface area contributed by atoms with E-state index in [1.54, 1.807) is 18.2 Å². The van der Waals surface area contributed by atoms with Gasteiger partial charge in [0.15, 0.2) is 0 Å². The van der Waals surface area contributed by atoms with Crippen molar-refractivity contribution in [3.8, 4) is 5.69 Å². The number of hydrogen-bond acceptors (Lipinski definition) is 5. The van der Waals surface area contributed by atoms with E-state index >= 15 is 0 Å². The highest BCUT2D eigenvalue weighted by atomic mass is 35.5. The van der Waals surface area contributed by atoms with Crippen LogP contribution in [0.15, 0.2) is 23.4 Å². The molecule has 0 spiro atoms. The van der Waals surface area contributed by atoms with E-state index in [1.807, 2.05) is 0 Å². The zero-order valence-corrected chi connectivity index (χ0v) is 11.1. The molecule has 0 aliphatic heterocycles. The van der Waals surface area contributed by atoms with Crippen molar-refractivity contribution in [2.75, 3.05) is 5.75 Å². The lowest BCUT2D eigenvalue weighted by Crippen LogP contribution is -2.03. The van der Waals surface area contributed by atoms with Crippen molar-refractivity contribution >= 4 is 40.9 Å². The summed E-state index contributed by atoms with van der Waals surface area (Å²) >= 11 is 12.8. The maximum Gasteiger partial charge on any atom is 0.313 e. The Labute approximate surface area is 116 Å². The monoisotopic (exact) mass is 304 g/mol. The Morgan fingerprint density at radius 1 is 1.44 bits per heavy atom. The van der Waals surface area contributed by atoms with Gasteiger partial charge in [-0.25, -0.2) is 0 Å². The van der Waals surface area contributed by atoms with Crippen molar-refractivity contribution in [2.45, 2.75) is 5.16 Å². The largest absolute Gasteiger partial charge is 0.481 e. The number of thioether (sulfide) groups is 1. The SMILES string of the molecule is O=C(O)CSc1nnnn1-c1ccc(Cl)cc1Cl. The van der Waals surface area contributed by atoms with Gasteiger partial charge in [-0.1, -0.05) is 35.0 Å². The molecule has 0 amide bonds. The van der Waals surface area contributed by atoms with Crippen LogP contribution in [0.1, 0.15) is 0 Å². The molecular weight excluding hydrogens is 299 g/mol. The fraction of sp³-hybridized carbons (Fsp3) is 0.111. The summed E-state index contributed by atoms with van der Waals surface area (Å²) in [4.78, 5) is 10.5. The average Bonchev–Trinajstić information content (AvgIpc) is 2.74. The van der Waals surface area contributed by atoms with Crippen LogP contribution in [-0.4, -0.2) is 37.0 Å². The van der Waals surface area contributed by atoms with E-state index in [9.17, 15) is 4.79 Å². The van der Waals surface area contributed by atoms with Crippen LogP contribution >= 0.6 is 35.0 Å². The number of aliphatic carboxylic acids is 1. The van der Waals surface area contributed by atoms with Gasteiger partial charge in [-0.15, -0.1) is 5.10 Å². The molecule has 0 aliphatic rings. The molecular formula is C9H6Cl2N4O2S. The molecule has 94 valence electrons. The summed E-state index contributed by atoms with van der Waals surface area (Å²) in [7, 11) is 0. The first-order valence-electron chi connectivity index (χ1n) is 4.66. The normalized spacial score (nSPS) is 10.6. The van der Waals surface area contributed by atoms with E-state index in [-0.39, 0.29) is 5.75 Å². The second kappa shape index (κ2) is 5.55. The van der Waals surface area contributed by atoms with Crippen molar-refractivity contribution in [2.24, 2.45) is 0 Å². The molecule has 0 fully saturated rings. The van der Waals surface area contributed by atoms with Gasteiger partial charge in [0.2, 0.25) is 5.16 Å². The third-order valence-corrected chi connectivity index (χ3v) is 3.35. The quantitative estimate of drug-likeness (QED) is 0.872. The van der Waals surface area contributed by atoms with Gasteiger partial charge in [0.25, 0.3) is 0 Å². The molecule has 1 heterocycles. The number of benzene rings is 1. The predicted octanol–water partition coefficient (Wildman–Crippen LogP) is 2.15. The van der Waals surface area contributed by atoms with E-state index in [0.717, 1.165) is 11.8 Å². The molecule has 0 bridgehead atoms. The van der Waals surface area contributed by atoms with Crippen LogP contribution in [0.25, 0.3) is 5.69 Å². The predicted molar refractivity (Wildman–Crippen MR) is 67.5 cm³/mol. The molecule has 0 unspecified atom stereocenters. The topological polar surface area (TPSA) is 80.9 Å². The molecule has 0 radical (unpaired) electrons. The number of tetrazole rings is 1. The van der Waals surface area contributed by atoms with Gasteiger partial charge in [-0.2, -0.15) is 4.68 Å². The van der Waals surface area contributed by atoms with Crippen molar-refractivity contribution < 1.29 is 9.90 Å². The number of rotatable bonds is 4. The highest BCUT2D eigenvalue weighted by Gasteiger charge is 2.13. The lowest BCUT2D eigenvalue weighted by molar-refractivity contribution is -0.133.